The molecule has 156 valence electrons. The van der Waals surface area contributed by atoms with Crippen molar-refractivity contribution < 1.29 is 9.53 Å². The molecule has 3 aliphatic carbocycles. The number of carbonyl (C=O) groups is 1. The van der Waals surface area contributed by atoms with Gasteiger partial charge in [0.2, 0.25) is 5.91 Å². The molecule has 0 N–H and O–H groups in total. The molecule has 1 saturated heterocycles. The fraction of sp³-hybridized carbons (Fsp3) is 0.600. The van der Waals surface area contributed by atoms with Gasteiger partial charge in [-0.1, -0.05) is 18.2 Å². The number of hydrogen-bond acceptors (Lipinski definition) is 3. The summed E-state index contributed by atoms with van der Waals surface area (Å²) in [4.78, 5) is 15.4. The number of para-hydroxylation sites is 1. The van der Waals surface area contributed by atoms with E-state index in [1.807, 2.05) is 22.9 Å². The molecule has 3 heterocycles. The first kappa shape index (κ1) is 17.5. The van der Waals surface area contributed by atoms with Gasteiger partial charge in [-0.25, -0.2) is 4.68 Å². The van der Waals surface area contributed by atoms with Crippen LogP contribution in [0.1, 0.15) is 43.4 Å². The van der Waals surface area contributed by atoms with E-state index in [0.29, 0.717) is 11.8 Å². The predicted molar refractivity (Wildman–Crippen MR) is 112 cm³/mol. The van der Waals surface area contributed by atoms with Gasteiger partial charge in [-0.15, -0.1) is 0 Å². The number of fused-ring (bicyclic) bond motifs is 7. The Morgan fingerprint density at radius 3 is 2.53 bits per heavy atom. The Hall–Kier alpha value is -2.14. The number of carbonyl (C=O) groups excluding carboxylic acids is 1. The Morgan fingerprint density at radius 2 is 1.80 bits per heavy atom. The molecule has 2 bridgehead atoms. The number of likely N-dealkylation sites (tertiary alicyclic amines) is 1. The van der Waals surface area contributed by atoms with E-state index in [1.54, 1.807) is 0 Å². The van der Waals surface area contributed by atoms with Gasteiger partial charge in [0.15, 0.2) is 0 Å². The number of benzene rings is 1. The Bertz CT molecular complexity index is 975. The van der Waals surface area contributed by atoms with E-state index in [9.17, 15) is 4.79 Å². The summed E-state index contributed by atoms with van der Waals surface area (Å²) in [7, 11) is 0. The third-order valence-electron chi connectivity index (χ3n) is 8.90. The zero-order chi connectivity index (χ0) is 19.9. The van der Waals surface area contributed by atoms with Crippen LogP contribution in [-0.2, 0) is 21.6 Å². The minimum Gasteiger partial charge on any atom is -0.368 e. The van der Waals surface area contributed by atoms with Gasteiger partial charge in [-0.05, 0) is 79.9 Å². The summed E-state index contributed by atoms with van der Waals surface area (Å²) in [5.41, 5.74) is 3.18. The number of amides is 1. The molecule has 1 amide bonds. The van der Waals surface area contributed by atoms with Crippen molar-refractivity contribution in [3.8, 4) is 5.69 Å². The van der Waals surface area contributed by atoms with Crippen LogP contribution in [0, 0.1) is 29.6 Å². The van der Waals surface area contributed by atoms with Crippen molar-refractivity contribution in [3.05, 3.63) is 47.8 Å². The second-order valence-electron chi connectivity index (χ2n) is 10.2. The average molecular weight is 404 g/mol. The van der Waals surface area contributed by atoms with Gasteiger partial charge in [-0.3, -0.25) is 4.79 Å². The van der Waals surface area contributed by atoms with E-state index in [0.717, 1.165) is 74.0 Å². The largest absolute Gasteiger partial charge is 0.368 e. The molecular formula is C25H29N3O2. The second-order valence-corrected chi connectivity index (χ2v) is 10.2. The minimum absolute atomic E-state index is 0.317. The highest BCUT2D eigenvalue weighted by atomic mass is 16.5. The predicted octanol–water partition coefficient (Wildman–Crippen LogP) is 3.55. The fourth-order valence-corrected chi connectivity index (χ4v) is 7.45. The summed E-state index contributed by atoms with van der Waals surface area (Å²) in [6.45, 7) is 2.36. The molecule has 1 aromatic carbocycles. The number of rotatable bonds is 2. The lowest BCUT2D eigenvalue weighted by Gasteiger charge is -2.43. The molecule has 1 aromatic heterocycles. The van der Waals surface area contributed by atoms with Crippen molar-refractivity contribution in [3.63, 3.8) is 0 Å². The molecule has 2 aromatic rings. The summed E-state index contributed by atoms with van der Waals surface area (Å²) in [5, 5.41) is 4.98. The molecule has 2 aliphatic heterocycles. The van der Waals surface area contributed by atoms with E-state index in [-0.39, 0.29) is 5.60 Å². The summed E-state index contributed by atoms with van der Waals surface area (Å²) >= 11 is 0. The quantitative estimate of drug-likeness (QED) is 0.770. The molecule has 1 spiro atoms. The van der Waals surface area contributed by atoms with Crippen LogP contribution >= 0.6 is 0 Å². The molecule has 30 heavy (non-hydrogen) atoms. The van der Waals surface area contributed by atoms with E-state index in [4.69, 9.17) is 9.84 Å². The SMILES string of the molecule is O=C(C1[C@@H]2[C@H]3CC[C@H](C3)[C@H]12)N1CCC2(CC1)OCCc1cn(-c3ccccc3)nc12. The maximum absolute atomic E-state index is 13.3. The first-order valence-electron chi connectivity index (χ1n) is 11.8. The van der Waals surface area contributed by atoms with Gasteiger partial charge in [0.05, 0.1) is 18.0 Å². The summed E-state index contributed by atoms with van der Waals surface area (Å²) in [5.74, 6) is 3.97. The van der Waals surface area contributed by atoms with Crippen LogP contribution in [0.25, 0.3) is 5.69 Å². The maximum Gasteiger partial charge on any atom is 0.226 e. The van der Waals surface area contributed by atoms with E-state index < -0.39 is 0 Å². The third kappa shape index (κ3) is 2.38. The molecular weight excluding hydrogens is 374 g/mol. The molecule has 1 unspecified atom stereocenters. The minimum atomic E-state index is -0.317. The molecule has 5 nitrogen and oxygen atoms in total. The van der Waals surface area contributed by atoms with Crippen LogP contribution in [0.5, 0.6) is 0 Å². The molecule has 5 atom stereocenters. The standard InChI is InChI=1S/C25H29N3O2/c29-24(22-20-16-6-7-17(14-16)21(20)22)27-11-9-25(10-12-27)23-18(8-13-30-25)15-28(26-23)19-4-2-1-3-5-19/h1-5,15-17,20-22H,6-14H2/t16-,17+,20+,21-,22?. The first-order valence-corrected chi connectivity index (χ1v) is 11.8. The Labute approximate surface area is 177 Å². The first-order chi connectivity index (χ1) is 14.7. The monoisotopic (exact) mass is 403 g/mol. The Balaban J connectivity index is 1.10. The lowest BCUT2D eigenvalue weighted by atomic mass is 9.83. The van der Waals surface area contributed by atoms with Gasteiger partial charge < -0.3 is 9.64 Å². The van der Waals surface area contributed by atoms with E-state index in [1.165, 1.54) is 24.8 Å². The van der Waals surface area contributed by atoms with E-state index >= 15 is 0 Å². The van der Waals surface area contributed by atoms with Crippen LogP contribution in [0.2, 0.25) is 0 Å². The second kappa shape index (κ2) is 6.19. The third-order valence-corrected chi connectivity index (χ3v) is 8.90. The van der Waals surface area contributed by atoms with Crippen LogP contribution in [0.15, 0.2) is 36.5 Å². The molecule has 3 saturated carbocycles. The highest BCUT2D eigenvalue weighted by Crippen LogP contribution is 2.69. The van der Waals surface area contributed by atoms with Gasteiger partial charge in [0.25, 0.3) is 0 Å². The van der Waals surface area contributed by atoms with Crippen molar-refractivity contribution in [1.29, 1.82) is 0 Å². The smallest absolute Gasteiger partial charge is 0.226 e. The molecule has 4 fully saturated rings. The number of piperidine rings is 1. The lowest BCUT2D eigenvalue weighted by molar-refractivity contribution is -0.143. The van der Waals surface area contributed by atoms with Crippen molar-refractivity contribution in [1.82, 2.24) is 14.7 Å². The number of ether oxygens (including phenoxy) is 1. The Kier molecular flexibility index (Phi) is 3.62. The Morgan fingerprint density at radius 1 is 1.07 bits per heavy atom. The van der Waals surface area contributed by atoms with Gasteiger partial charge in [0.1, 0.15) is 5.60 Å². The van der Waals surface area contributed by atoms with Crippen LogP contribution in [0.3, 0.4) is 0 Å². The summed E-state index contributed by atoms with van der Waals surface area (Å²) < 4.78 is 8.39. The van der Waals surface area contributed by atoms with Crippen LogP contribution < -0.4 is 0 Å². The number of aromatic nitrogens is 2. The summed E-state index contributed by atoms with van der Waals surface area (Å²) in [6.07, 6.45) is 8.98. The number of hydrogen-bond donors (Lipinski definition) is 0. The topological polar surface area (TPSA) is 47.4 Å². The number of nitrogens with zero attached hydrogens (tertiary/aromatic N) is 3. The summed E-state index contributed by atoms with van der Waals surface area (Å²) in [6, 6.07) is 10.3. The molecule has 5 aliphatic rings. The van der Waals surface area contributed by atoms with Crippen LogP contribution in [-0.4, -0.2) is 40.3 Å². The van der Waals surface area contributed by atoms with Gasteiger partial charge >= 0.3 is 0 Å². The van der Waals surface area contributed by atoms with Crippen molar-refractivity contribution in [2.45, 2.75) is 44.1 Å². The molecule has 5 heteroatoms. The van der Waals surface area contributed by atoms with Crippen molar-refractivity contribution in [2.24, 2.45) is 29.6 Å². The van der Waals surface area contributed by atoms with Crippen molar-refractivity contribution >= 4 is 5.91 Å². The molecule has 0 radical (unpaired) electrons. The zero-order valence-corrected chi connectivity index (χ0v) is 17.4. The van der Waals surface area contributed by atoms with Gasteiger partial charge in [0, 0.05) is 25.2 Å². The highest BCUT2D eigenvalue weighted by molar-refractivity contribution is 5.83. The average Bonchev–Trinajstić information content (AvgIpc) is 3.11. The van der Waals surface area contributed by atoms with Crippen LogP contribution in [0.4, 0.5) is 0 Å². The molecule has 7 rings (SSSR count). The fourth-order valence-electron chi connectivity index (χ4n) is 7.45. The highest BCUT2D eigenvalue weighted by Gasteiger charge is 2.68. The normalized spacial score (nSPS) is 35.3. The van der Waals surface area contributed by atoms with Gasteiger partial charge in [-0.2, -0.15) is 5.10 Å². The zero-order valence-electron chi connectivity index (χ0n) is 17.4. The maximum atomic E-state index is 13.3. The van der Waals surface area contributed by atoms with Crippen molar-refractivity contribution in [2.75, 3.05) is 19.7 Å². The van der Waals surface area contributed by atoms with E-state index in [2.05, 4.69) is 23.2 Å². The lowest BCUT2D eigenvalue weighted by Crippen LogP contribution is -2.49.